The predicted octanol–water partition coefficient (Wildman–Crippen LogP) is 2.69. The number of aryl methyl sites for hydroxylation is 2. The van der Waals surface area contributed by atoms with Crippen LogP contribution in [0.15, 0.2) is 18.2 Å². The number of para-hydroxylation sites is 1. The SMILES string of the molecule is CCc1cccc(CC)c1N1C=[N+]([C@H](CO)C(C)C)CC1. The quantitative estimate of drug-likeness (QED) is 0.815. The topological polar surface area (TPSA) is 26.5 Å². The largest absolute Gasteiger partial charge is 0.392 e. The van der Waals surface area contributed by atoms with Crippen LogP contribution in [0.2, 0.25) is 0 Å². The minimum Gasteiger partial charge on any atom is -0.392 e. The van der Waals surface area contributed by atoms with Gasteiger partial charge in [-0.05, 0) is 29.9 Å². The van der Waals surface area contributed by atoms with Gasteiger partial charge in [-0.3, -0.25) is 4.58 Å². The fourth-order valence-electron chi connectivity index (χ4n) is 3.22. The molecule has 21 heavy (non-hydrogen) atoms. The fourth-order valence-corrected chi connectivity index (χ4v) is 3.22. The molecule has 1 N–H and O–H groups in total. The molecule has 1 aliphatic heterocycles. The summed E-state index contributed by atoms with van der Waals surface area (Å²) in [5.74, 6) is 0.457. The van der Waals surface area contributed by atoms with Gasteiger partial charge < -0.3 is 5.11 Å². The summed E-state index contributed by atoms with van der Waals surface area (Å²) in [7, 11) is 0. The fraction of sp³-hybridized carbons (Fsp3) is 0.611. The van der Waals surface area contributed by atoms with E-state index in [9.17, 15) is 5.11 Å². The Morgan fingerprint density at radius 2 is 1.81 bits per heavy atom. The zero-order chi connectivity index (χ0) is 15.4. The lowest BCUT2D eigenvalue weighted by Crippen LogP contribution is -2.34. The number of rotatable bonds is 6. The Kier molecular flexibility index (Phi) is 5.40. The van der Waals surface area contributed by atoms with Crippen LogP contribution in [-0.4, -0.2) is 41.8 Å². The van der Waals surface area contributed by atoms with Crippen LogP contribution >= 0.6 is 0 Å². The highest BCUT2D eigenvalue weighted by molar-refractivity contribution is 5.81. The lowest BCUT2D eigenvalue weighted by molar-refractivity contribution is -0.563. The zero-order valence-electron chi connectivity index (χ0n) is 13.8. The first-order valence-corrected chi connectivity index (χ1v) is 8.21. The van der Waals surface area contributed by atoms with Crippen molar-refractivity contribution in [2.24, 2.45) is 5.92 Å². The van der Waals surface area contributed by atoms with Gasteiger partial charge in [0.2, 0.25) is 6.34 Å². The van der Waals surface area contributed by atoms with Gasteiger partial charge in [0.15, 0.2) is 0 Å². The molecule has 2 rings (SSSR count). The van der Waals surface area contributed by atoms with Gasteiger partial charge in [-0.25, -0.2) is 4.90 Å². The van der Waals surface area contributed by atoms with E-state index in [2.05, 4.69) is 61.7 Å². The van der Waals surface area contributed by atoms with E-state index in [1.807, 2.05) is 0 Å². The van der Waals surface area contributed by atoms with Crippen molar-refractivity contribution in [3.05, 3.63) is 29.3 Å². The number of hydrogen-bond donors (Lipinski definition) is 1. The molecule has 0 radical (unpaired) electrons. The number of aliphatic hydroxyl groups is 1. The summed E-state index contributed by atoms with van der Waals surface area (Å²) in [6.07, 6.45) is 4.33. The zero-order valence-corrected chi connectivity index (χ0v) is 13.8. The van der Waals surface area contributed by atoms with Gasteiger partial charge in [0.25, 0.3) is 0 Å². The molecule has 0 amide bonds. The third kappa shape index (κ3) is 3.29. The predicted molar refractivity (Wildman–Crippen MR) is 89.4 cm³/mol. The van der Waals surface area contributed by atoms with Gasteiger partial charge in [0.05, 0.1) is 6.61 Å². The van der Waals surface area contributed by atoms with Crippen molar-refractivity contribution in [3.8, 4) is 0 Å². The molecule has 0 fully saturated rings. The first-order chi connectivity index (χ1) is 10.1. The maximum absolute atomic E-state index is 9.64. The molecule has 0 saturated carbocycles. The van der Waals surface area contributed by atoms with Crippen molar-refractivity contribution in [1.29, 1.82) is 0 Å². The maximum Gasteiger partial charge on any atom is 0.239 e. The summed E-state index contributed by atoms with van der Waals surface area (Å²) in [4.78, 5) is 2.38. The van der Waals surface area contributed by atoms with Crippen molar-refractivity contribution in [3.63, 3.8) is 0 Å². The average Bonchev–Trinajstić information content (AvgIpc) is 2.95. The summed E-state index contributed by atoms with van der Waals surface area (Å²) < 4.78 is 2.30. The Morgan fingerprint density at radius 1 is 1.19 bits per heavy atom. The van der Waals surface area contributed by atoms with Gasteiger partial charge in [-0.15, -0.1) is 0 Å². The Hall–Kier alpha value is -1.35. The highest BCUT2D eigenvalue weighted by atomic mass is 16.3. The average molecular weight is 289 g/mol. The smallest absolute Gasteiger partial charge is 0.239 e. The van der Waals surface area contributed by atoms with Crippen molar-refractivity contribution < 1.29 is 9.68 Å². The highest BCUT2D eigenvalue weighted by Gasteiger charge is 2.30. The lowest BCUT2D eigenvalue weighted by Gasteiger charge is -2.17. The Labute approximate surface area is 128 Å². The van der Waals surface area contributed by atoms with Crippen LogP contribution < -0.4 is 4.90 Å². The van der Waals surface area contributed by atoms with Crippen LogP contribution in [0.25, 0.3) is 0 Å². The molecule has 0 aliphatic carbocycles. The van der Waals surface area contributed by atoms with E-state index >= 15 is 0 Å². The molecule has 3 heteroatoms. The molecule has 1 aromatic rings. The Bertz CT molecular complexity index is 486. The minimum absolute atomic E-state index is 0.217. The van der Waals surface area contributed by atoms with Crippen LogP contribution in [0.1, 0.15) is 38.8 Å². The van der Waals surface area contributed by atoms with Crippen molar-refractivity contribution in [2.75, 3.05) is 24.6 Å². The van der Waals surface area contributed by atoms with Crippen LogP contribution in [0.5, 0.6) is 0 Å². The van der Waals surface area contributed by atoms with E-state index in [-0.39, 0.29) is 12.6 Å². The molecule has 0 spiro atoms. The van der Waals surface area contributed by atoms with Gasteiger partial charge in [0, 0.05) is 0 Å². The van der Waals surface area contributed by atoms with Crippen LogP contribution in [0.3, 0.4) is 0 Å². The standard InChI is InChI=1S/C18H29N2O/c1-5-15-8-7-9-16(6-2)18(15)20-11-10-19(13-20)17(12-21)14(3)4/h7-9,13-14,17,21H,5-6,10-12H2,1-4H3/q+1/t17-/m1/s1. The van der Waals surface area contributed by atoms with Crippen LogP contribution in [0, 0.1) is 5.92 Å². The summed E-state index contributed by atoms with van der Waals surface area (Å²) in [6, 6.07) is 6.85. The lowest BCUT2D eigenvalue weighted by atomic mass is 10.0. The highest BCUT2D eigenvalue weighted by Crippen LogP contribution is 2.27. The molecular formula is C18H29N2O+. The molecule has 0 unspecified atom stereocenters. The summed E-state index contributed by atoms with van der Waals surface area (Å²) in [6.45, 7) is 11.0. The second-order valence-corrected chi connectivity index (χ2v) is 6.17. The molecule has 0 aromatic heterocycles. The minimum atomic E-state index is 0.217. The van der Waals surface area contributed by atoms with E-state index in [1.54, 1.807) is 0 Å². The molecule has 1 aromatic carbocycles. The van der Waals surface area contributed by atoms with Gasteiger partial charge >= 0.3 is 0 Å². The van der Waals surface area contributed by atoms with Crippen molar-refractivity contribution in [1.82, 2.24) is 0 Å². The van der Waals surface area contributed by atoms with E-state index in [1.165, 1.54) is 16.8 Å². The van der Waals surface area contributed by atoms with Gasteiger partial charge in [-0.1, -0.05) is 45.9 Å². The molecular weight excluding hydrogens is 260 g/mol. The second-order valence-electron chi connectivity index (χ2n) is 6.17. The molecule has 0 bridgehead atoms. The van der Waals surface area contributed by atoms with E-state index < -0.39 is 0 Å². The first kappa shape index (κ1) is 16.0. The third-order valence-electron chi connectivity index (χ3n) is 4.52. The number of benzene rings is 1. The van der Waals surface area contributed by atoms with Crippen molar-refractivity contribution >= 4 is 12.0 Å². The normalized spacial score (nSPS) is 16.5. The Morgan fingerprint density at radius 3 is 2.29 bits per heavy atom. The maximum atomic E-state index is 9.64. The monoisotopic (exact) mass is 289 g/mol. The summed E-state index contributed by atoms with van der Waals surface area (Å²) >= 11 is 0. The van der Waals surface area contributed by atoms with Gasteiger partial charge in [-0.2, -0.15) is 0 Å². The van der Waals surface area contributed by atoms with Gasteiger partial charge in [0.1, 0.15) is 24.8 Å². The molecule has 3 nitrogen and oxygen atoms in total. The van der Waals surface area contributed by atoms with E-state index in [0.717, 1.165) is 25.9 Å². The third-order valence-corrected chi connectivity index (χ3v) is 4.52. The molecule has 1 atom stereocenters. The van der Waals surface area contributed by atoms with Crippen LogP contribution in [-0.2, 0) is 12.8 Å². The van der Waals surface area contributed by atoms with Crippen molar-refractivity contribution in [2.45, 2.75) is 46.6 Å². The molecule has 116 valence electrons. The number of anilines is 1. The molecule has 1 heterocycles. The number of nitrogens with zero attached hydrogens (tertiary/aromatic N) is 2. The number of hydrogen-bond acceptors (Lipinski definition) is 2. The summed E-state index contributed by atoms with van der Waals surface area (Å²) in [5, 5.41) is 9.64. The van der Waals surface area contributed by atoms with E-state index in [0.29, 0.717) is 5.92 Å². The molecule has 1 aliphatic rings. The summed E-state index contributed by atoms with van der Waals surface area (Å²) in [5.41, 5.74) is 4.21. The number of aliphatic hydroxyl groups excluding tert-OH is 1. The second kappa shape index (κ2) is 7.08. The molecule has 0 saturated heterocycles. The Balaban J connectivity index is 2.34. The van der Waals surface area contributed by atoms with Crippen LogP contribution in [0.4, 0.5) is 5.69 Å². The van der Waals surface area contributed by atoms with E-state index in [4.69, 9.17) is 0 Å². The first-order valence-electron chi connectivity index (χ1n) is 8.21.